The van der Waals surface area contributed by atoms with Crippen LogP contribution in [0.2, 0.25) is 5.02 Å². The molecule has 1 fully saturated rings. The third kappa shape index (κ3) is 4.83. The van der Waals surface area contributed by atoms with Crippen molar-refractivity contribution in [1.29, 1.82) is 0 Å². The smallest absolute Gasteiger partial charge is 0.234 e. The van der Waals surface area contributed by atoms with Crippen molar-refractivity contribution >= 4 is 17.5 Å². The molecule has 1 heterocycles. The molecule has 2 rings (SSSR count). The Morgan fingerprint density at radius 1 is 1.52 bits per heavy atom. The Hall–Kier alpha value is -1.30. The number of halogens is 1. The number of hydrogen-bond donors (Lipinski definition) is 2. The Kier molecular flexibility index (Phi) is 5.89. The zero-order valence-corrected chi connectivity index (χ0v) is 14.8. The van der Waals surface area contributed by atoms with Crippen LogP contribution in [0, 0.1) is 5.41 Å². The summed E-state index contributed by atoms with van der Waals surface area (Å²) in [6.07, 6.45) is 0.919. The molecule has 1 aromatic rings. The Morgan fingerprint density at radius 2 is 2.26 bits per heavy atom. The molecule has 0 spiro atoms. The number of nitrogens with two attached hydrogens (primary N) is 1. The third-order valence-corrected chi connectivity index (χ3v) is 4.71. The molecule has 6 heteroatoms. The lowest BCUT2D eigenvalue weighted by atomic mass is 9.80. The summed E-state index contributed by atoms with van der Waals surface area (Å²) >= 11 is 6.00. The van der Waals surface area contributed by atoms with Crippen LogP contribution in [0.4, 0.5) is 0 Å². The van der Waals surface area contributed by atoms with E-state index in [0.29, 0.717) is 18.1 Å². The van der Waals surface area contributed by atoms with E-state index in [1.54, 1.807) is 19.2 Å². The van der Waals surface area contributed by atoms with Crippen molar-refractivity contribution in [1.82, 2.24) is 10.2 Å². The van der Waals surface area contributed by atoms with Crippen LogP contribution in [-0.4, -0.2) is 43.6 Å². The summed E-state index contributed by atoms with van der Waals surface area (Å²) in [6, 6.07) is 5.57. The molecule has 23 heavy (non-hydrogen) atoms. The van der Waals surface area contributed by atoms with E-state index in [1.807, 2.05) is 6.07 Å². The lowest BCUT2D eigenvalue weighted by Crippen LogP contribution is -2.54. The minimum Gasteiger partial charge on any atom is -0.496 e. The molecule has 0 aromatic heterocycles. The molecule has 0 aliphatic carbocycles. The van der Waals surface area contributed by atoms with E-state index in [4.69, 9.17) is 22.1 Å². The first-order valence-electron chi connectivity index (χ1n) is 7.89. The van der Waals surface area contributed by atoms with E-state index in [1.165, 1.54) is 0 Å². The Labute approximate surface area is 143 Å². The van der Waals surface area contributed by atoms with E-state index in [9.17, 15) is 4.79 Å². The van der Waals surface area contributed by atoms with Crippen LogP contribution in [-0.2, 0) is 11.3 Å². The van der Waals surface area contributed by atoms with Gasteiger partial charge >= 0.3 is 0 Å². The molecular formula is C17H26ClN3O2. The average Bonchev–Trinajstić information content (AvgIpc) is 2.49. The number of likely N-dealkylation sites (tertiary alicyclic amines) is 1. The maximum atomic E-state index is 12.2. The molecule has 1 amide bonds. The molecule has 1 saturated heterocycles. The first kappa shape index (κ1) is 18.0. The van der Waals surface area contributed by atoms with Gasteiger partial charge in [0.15, 0.2) is 0 Å². The molecule has 1 aliphatic heterocycles. The van der Waals surface area contributed by atoms with Crippen LogP contribution < -0.4 is 15.8 Å². The predicted molar refractivity (Wildman–Crippen MR) is 92.7 cm³/mol. The zero-order valence-electron chi connectivity index (χ0n) is 14.1. The number of benzene rings is 1. The van der Waals surface area contributed by atoms with Crippen molar-refractivity contribution in [2.75, 3.05) is 26.7 Å². The summed E-state index contributed by atoms with van der Waals surface area (Å²) in [7, 11) is 1.60. The molecule has 1 unspecified atom stereocenters. The van der Waals surface area contributed by atoms with Crippen molar-refractivity contribution in [2.45, 2.75) is 32.9 Å². The summed E-state index contributed by atoms with van der Waals surface area (Å²) in [5, 5.41) is 3.56. The van der Waals surface area contributed by atoms with Crippen LogP contribution in [0.25, 0.3) is 0 Å². The van der Waals surface area contributed by atoms with Gasteiger partial charge in [-0.1, -0.05) is 25.4 Å². The van der Waals surface area contributed by atoms with E-state index in [2.05, 4.69) is 24.1 Å². The van der Waals surface area contributed by atoms with Gasteiger partial charge in [0.2, 0.25) is 5.91 Å². The number of carbonyl (C=O) groups is 1. The summed E-state index contributed by atoms with van der Waals surface area (Å²) in [5.41, 5.74) is 7.04. The molecule has 1 atom stereocenters. The maximum Gasteiger partial charge on any atom is 0.234 e. The number of piperidine rings is 1. The van der Waals surface area contributed by atoms with Crippen LogP contribution in [0.5, 0.6) is 5.75 Å². The van der Waals surface area contributed by atoms with Gasteiger partial charge in [-0.3, -0.25) is 9.69 Å². The topological polar surface area (TPSA) is 67.6 Å². The minimum absolute atomic E-state index is 0.00157. The van der Waals surface area contributed by atoms with Gasteiger partial charge < -0.3 is 15.8 Å². The normalized spacial score (nSPS) is 21.0. The molecule has 5 nitrogen and oxygen atoms in total. The molecule has 3 N–H and O–H groups in total. The summed E-state index contributed by atoms with van der Waals surface area (Å²) < 4.78 is 5.29. The summed E-state index contributed by atoms with van der Waals surface area (Å²) in [5.74, 6) is 0.720. The van der Waals surface area contributed by atoms with Crippen molar-refractivity contribution in [3.63, 3.8) is 0 Å². The molecule has 0 bridgehead atoms. The molecule has 0 saturated carbocycles. The van der Waals surface area contributed by atoms with Gasteiger partial charge in [0.1, 0.15) is 5.75 Å². The van der Waals surface area contributed by atoms with E-state index < -0.39 is 0 Å². The van der Waals surface area contributed by atoms with Gasteiger partial charge in [0.25, 0.3) is 0 Å². The van der Waals surface area contributed by atoms with Gasteiger partial charge in [0, 0.05) is 36.3 Å². The van der Waals surface area contributed by atoms with Gasteiger partial charge in [-0.2, -0.15) is 0 Å². The van der Waals surface area contributed by atoms with Crippen molar-refractivity contribution in [2.24, 2.45) is 11.1 Å². The highest BCUT2D eigenvalue weighted by atomic mass is 35.5. The fraction of sp³-hybridized carbons (Fsp3) is 0.588. The average molecular weight is 340 g/mol. The van der Waals surface area contributed by atoms with Crippen LogP contribution in [0.1, 0.15) is 25.8 Å². The van der Waals surface area contributed by atoms with Crippen LogP contribution in [0.15, 0.2) is 18.2 Å². The first-order chi connectivity index (χ1) is 10.8. The van der Waals surface area contributed by atoms with E-state index in [0.717, 1.165) is 30.8 Å². The van der Waals surface area contributed by atoms with E-state index in [-0.39, 0.29) is 17.4 Å². The lowest BCUT2D eigenvalue weighted by Gasteiger charge is -2.42. The zero-order chi connectivity index (χ0) is 17.0. The monoisotopic (exact) mass is 339 g/mol. The van der Waals surface area contributed by atoms with Crippen molar-refractivity contribution in [3.05, 3.63) is 28.8 Å². The third-order valence-electron chi connectivity index (χ3n) is 4.48. The van der Waals surface area contributed by atoms with Gasteiger partial charge in [0.05, 0.1) is 13.7 Å². The number of nitrogens with zero attached hydrogens (tertiary/aromatic N) is 1. The second kappa shape index (κ2) is 7.51. The summed E-state index contributed by atoms with van der Waals surface area (Å²) in [6.45, 7) is 6.79. The van der Waals surface area contributed by atoms with Crippen molar-refractivity contribution < 1.29 is 9.53 Å². The molecule has 1 aromatic carbocycles. The molecule has 128 valence electrons. The molecule has 1 aliphatic rings. The first-order valence-corrected chi connectivity index (χ1v) is 8.26. The van der Waals surface area contributed by atoms with Crippen LogP contribution >= 0.6 is 11.6 Å². The van der Waals surface area contributed by atoms with Crippen LogP contribution in [0.3, 0.4) is 0 Å². The van der Waals surface area contributed by atoms with Gasteiger partial charge in [-0.25, -0.2) is 0 Å². The maximum absolute atomic E-state index is 12.2. The quantitative estimate of drug-likeness (QED) is 0.861. The SMILES string of the molecule is COc1ccc(Cl)cc1CNC(=O)CN1CCC(N)C(C)(C)C1. The van der Waals surface area contributed by atoms with E-state index >= 15 is 0 Å². The number of carbonyl (C=O) groups excluding carboxylic acids is 1. The molecular weight excluding hydrogens is 314 g/mol. The number of ether oxygens (including phenoxy) is 1. The standard InChI is InChI=1S/C17H26ClN3O2/c1-17(2)11-21(7-6-15(17)19)10-16(22)20-9-12-8-13(18)4-5-14(12)23-3/h4-5,8,15H,6-7,9-11,19H2,1-3H3,(H,20,22). The van der Waals surface area contributed by atoms with Crippen molar-refractivity contribution in [3.8, 4) is 5.75 Å². The second-order valence-electron chi connectivity index (χ2n) is 6.83. The highest BCUT2D eigenvalue weighted by Crippen LogP contribution is 2.27. The van der Waals surface area contributed by atoms with Gasteiger partial charge in [-0.05, 0) is 30.0 Å². The second-order valence-corrected chi connectivity index (χ2v) is 7.26. The number of amides is 1. The highest BCUT2D eigenvalue weighted by Gasteiger charge is 2.33. The minimum atomic E-state index is -0.00157. The Bertz CT molecular complexity index is 563. The Morgan fingerprint density at radius 3 is 2.91 bits per heavy atom. The summed E-state index contributed by atoms with van der Waals surface area (Å²) in [4.78, 5) is 14.4. The fourth-order valence-electron chi connectivity index (χ4n) is 2.96. The number of rotatable bonds is 5. The fourth-order valence-corrected chi connectivity index (χ4v) is 3.15. The highest BCUT2D eigenvalue weighted by molar-refractivity contribution is 6.30. The van der Waals surface area contributed by atoms with Gasteiger partial charge in [-0.15, -0.1) is 0 Å². The predicted octanol–water partition coefficient (Wildman–Crippen LogP) is 2.02. The lowest BCUT2D eigenvalue weighted by molar-refractivity contribution is -0.123. The number of hydrogen-bond acceptors (Lipinski definition) is 4. The molecule has 0 radical (unpaired) electrons. The Balaban J connectivity index is 1.87. The largest absolute Gasteiger partial charge is 0.496 e. The number of nitrogens with one attached hydrogen (secondary N) is 1. The number of methoxy groups -OCH3 is 1.